The van der Waals surface area contributed by atoms with Gasteiger partial charge < -0.3 is 15.3 Å². The molecule has 1 aliphatic rings. The van der Waals surface area contributed by atoms with E-state index >= 15 is 0 Å². The maximum absolute atomic E-state index is 12.1. The standard InChI is InChI=1S/C18H21ClN4O2/c19-15-9-13(4-5-16(15)24)10-17(25)22-11-14-3-1-8-23(12-14)18-20-6-2-7-21-18/h2,4-7,9,14,24H,1,3,8,10-12H2,(H,22,25). The molecule has 0 spiro atoms. The summed E-state index contributed by atoms with van der Waals surface area (Å²) in [5.74, 6) is 1.10. The van der Waals surface area contributed by atoms with E-state index in [1.807, 2.05) is 0 Å². The molecule has 132 valence electrons. The second-order valence-corrected chi connectivity index (χ2v) is 6.68. The molecule has 1 aromatic carbocycles. The first-order chi connectivity index (χ1) is 12.1. The third-order valence-corrected chi connectivity index (χ3v) is 4.62. The van der Waals surface area contributed by atoms with E-state index in [0.29, 0.717) is 12.5 Å². The number of phenols is 1. The van der Waals surface area contributed by atoms with Crippen molar-refractivity contribution >= 4 is 23.5 Å². The molecule has 1 unspecified atom stereocenters. The van der Waals surface area contributed by atoms with Gasteiger partial charge in [0.15, 0.2) is 0 Å². The fourth-order valence-corrected chi connectivity index (χ4v) is 3.24. The summed E-state index contributed by atoms with van der Waals surface area (Å²) in [6, 6.07) is 6.63. The number of amides is 1. The van der Waals surface area contributed by atoms with Gasteiger partial charge in [0, 0.05) is 32.0 Å². The summed E-state index contributed by atoms with van der Waals surface area (Å²) in [7, 11) is 0. The van der Waals surface area contributed by atoms with Crippen LogP contribution in [0, 0.1) is 5.92 Å². The molecule has 0 aliphatic carbocycles. The number of halogens is 1. The van der Waals surface area contributed by atoms with E-state index in [1.165, 1.54) is 6.07 Å². The maximum atomic E-state index is 12.1. The van der Waals surface area contributed by atoms with Crippen molar-refractivity contribution in [3.63, 3.8) is 0 Å². The number of carbonyl (C=O) groups excluding carboxylic acids is 1. The summed E-state index contributed by atoms with van der Waals surface area (Å²) in [5, 5.41) is 12.7. The first-order valence-corrected chi connectivity index (χ1v) is 8.75. The predicted octanol–water partition coefficient (Wildman–Crippen LogP) is 2.41. The summed E-state index contributed by atoms with van der Waals surface area (Å²) < 4.78 is 0. The van der Waals surface area contributed by atoms with Gasteiger partial charge in [-0.25, -0.2) is 9.97 Å². The molecule has 1 saturated heterocycles. The summed E-state index contributed by atoms with van der Waals surface area (Å²) in [4.78, 5) is 22.9. The molecular formula is C18H21ClN4O2. The summed E-state index contributed by atoms with van der Waals surface area (Å²) in [5.41, 5.74) is 0.781. The highest BCUT2D eigenvalue weighted by molar-refractivity contribution is 6.32. The molecule has 2 heterocycles. The van der Waals surface area contributed by atoms with Crippen molar-refractivity contribution < 1.29 is 9.90 Å². The molecule has 1 aliphatic heterocycles. The minimum absolute atomic E-state index is 0.0243. The largest absolute Gasteiger partial charge is 0.506 e. The van der Waals surface area contributed by atoms with Crippen LogP contribution in [0.25, 0.3) is 0 Å². The Labute approximate surface area is 151 Å². The monoisotopic (exact) mass is 360 g/mol. The average molecular weight is 361 g/mol. The third-order valence-electron chi connectivity index (χ3n) is 4.32. The lowest BCUT2D eigenvalue weighted by atomic mass is 9.98. The van der Waals surface area contributed by atoms with Gasteiger partial charge >= 0.3 is 0 Å². The van der Waals surface area contributed by atoms with E-state index in [9.17, 15) is 9.90 Å². The molecule has 7 heteroatoms. The fraction of sp³-hybridized carbons (Fsp3) is 0.389. The minimum Gasteiger partial charge on any atom is -0.506 e. The SMILES string of the molecule is O=C(Cc1ccc(O)c(Cl)c1)NCC1CCCN(c2ncccn2)C1. The number of anilines is 1. The Morgan fingerprint density at radius 2 is 2.16 bits per heavy atom. The average Bonchev–Trinajstić information content (AvgIpc) is 2.64. The zero-order valence-corrected chi connectivity index (χ0v) is 14.6. The molecule has 1 aromatic heterocycles. The van der Waals surface area contributed by atoms with E-state index < -0.39 is 0 Å². The zero-order chi connectivity index (χ0) is 17.6. The van der Waals surface area contributed by atoms with Gasteiger partial charge in [0.25, 0.3) is 0 Å². The Hall–Kier alpha value is -2.34. The molecule has 1 amide bonds. The van der Waals surface area contributed by atoms with Crippen LogP contribution in [0.4, 0.5) is 5.95 Å². The topological polar surface area (TPSA) is 78.4 Å². The normalized spacial score (nSPS) is 17.3. The van der Waals surface area contributed by atoms with E-state index in [4.69, 9.17) is 11.6 Å². The van der Waals surface area contributed by atoms with E-state index in [-0.39, 0.29) is 23.1 Å². The van der Waals surface area contributed by atoms with Crippen LogP contribution in [0.3, 0.4) is 0 Å². The van der Waals surface area contributed by atoms with Crippen molar-refractivity contribution in [3.8, 4) is 5.75 Å². The highest BCUT2D eigenvalue weighted by atomic mass is 35.5. The van der Waals surface area contributed by atoms with Crippen LogP contribution in [0.1, 0.15) is 18.4 Å². The van der Waals surface area contributed by atoms with Gasteiger partial charge in [-0.2, -0.15) is 0 Å². The Kier molecular flexibility index (Phi) is 5.71. The quantitative estimate of drug-likeness (QED) is 0.856. The van der Waals surface area contributed by atoms with E-state index in [2.05, 4.69) is 20.2 Å². The van der Waals surface area contributed by atoms with Gasteiger partial charge in [-0.15, -0.1) is 0 Å². The zero-order valence-electron chi connectivity index (χ0n) is 13.9. The number of piperidine rings is 1. The molecule has 2 N–H and O–H groups in total. The van der Waals surface area contributed by atoms with Gasteiger partial charge in [0.05, 0.1) is 11.4 Å². The smallest absolute Gasteiger partial charge is 0.225 e. The highest BCUT2D eigenvalue weighted by Gasteiger charge is 2.22. The number of nitrogens with one attached hydrogen (secondary N) is 1. The van der Waals surface area contributed by atoms with Crippen LogP contribution < -0.4 is 10.2 Å². The van der Waals surface area contributed by atoms with Crippen LogP contribution in [-0.4, -0.2) is 40.6 Å². The molecule has 1 atom stereocenters. The number of aromatic nitrogens is 2. The number of hydrogen-bond acceptors (Lipinski definition) is 5. The number of rotatable bonds is 5. The molecule has 6 nitrogen and oxygen atoms in total. The maximum Gasteiger partial charge on any atom is 0.225 e. The van der Waals surface area contributed by atoms with Crippen LogP contribution in [0.2, 0.25) is 5.02 Å². The van der Waals surface area contributed by atoms with Crippen molar-refractivity contribution in [1.29, 1.82) is 0 Å². The second-order valence-electron chi connectivity index (χ2n) is 6.27. The minimum atomic E-state index is -0.0464. The lowest BCUT2D eigenvalue weighted by Crippen LogP contribution is -2.41. The number of hydrogen-bond donors (Lipinski definition) is 2. The summed E-state index contributed by atoms with van der Waals surface area (Å²) >= 11 is 5.87. The first-order valence-electron chi connectivity index (χ1n) is 8.38. The van der Waals surface area contributed by atoms with E-state index in [1.54, 1.807) is 30.6 Å². The van der Waals surface area contributed by atoms with Gasteiger partial charge in [-0.05, 0) is 42.5 Å². The predicted molar refractivity (Wildman–Crippen MR) is 96.8 cm³/mol. The number of benzene rings is 1. The molecule has 3 rings (SSSR count). The van der Waals surface area contributed by atoms with E-state index in [0.717, 1.165) is 37.4 Å². The third kappa shape index (κ3) is 4.82. The number of carbonyl (C=O) groups is 1. The van der Waals surface area contributed by atoms with Crippen LogP contribution in [-0.2, 0) is 11.2 Å². The van der Waals surface area contributed by atoms with Gasteiger partial charge in [-0.3, -0.25) is 4.79 Å². The number of nitrogens with zero attached hydrogens (tertiary/aromatic N) is 3. The molecule has 25 heavy (non-hydrogen) atoms. The van der Waals surface area contributed by atoms with Crippen molar-refractivity contribution in [3.05, 3.63) is 47.2 Å². The van der Waals surface area contributed by atoms with Crippen molar-refractivity contribution in [2.45, 2.75) is 19.3 Å². The second kappa shape index (κ2) is 8.16. The number of aromatic hydroxyl groups is 1. The van der Waals surface area contributed by atoms with Crippen molar-refractivity contribution in [2.24, 2.45) is 5.92 Å². The first kappa shape index (κ1) is 17.5. The van der Waals surface area contributed by atoms with Crippen LogP contribution in [0.5, 0.6) is 5.75 Å². The lowest BCUT2D eigenvalue weighted by Gasteiger charge is -2.32. The Morgan fingerprint density at radius 3 is 2.92 bits per heavy atom. The Bertz CT molecular complexity index is 726. The van der Waals surface area contributed by atoms with Crippen molar-refractivity contribution in [2.75, 3.05) is 24.5 Å². The van der Waals surface area contributed by atoms with Crippen molar-refractivity contribution in [1.82, 2.24) is 15.3 Å². The molecule has 1 fully saturated rings. The van der Waals surface area contributed by atoms with Crippen LogP contribution in [0.15, 0.2) is 36.7 Å². The molecule has 0 bridgehead atoms. The Morgan fingerprint density at radius 1 is 1.36 bits per heavy atom. The lowest BCUT2D eigenvalue weighted by molar-refractivity contribution is -0.120. The van der Waals surface area contributed by atoms with Crippen LogP contribution >= 0.6 is 11.6 Å². The van der Waals surface area contributed by atoms with Gasteiger partial charge in [-0.1, -0.05) is 17.7 Å². The highest BCUT2D eigenvalue weighted by Crippen LogP contribution is 2.24. The molecule has 0 saturated carbocycles. The molecular weight excluding hydrogens is 340 g/mol. The van der Waals surface area contributed by atoms with Gasteiger partial charge in [0.1, 0.15) is 5.75 Å². The molecule has 2 aromatic rings. The fourth-order valence-electron chi connectivity index (χ4n) is 3.03. The number of phenolic OH excluding ortho intramolecular Hbond substituents is 1. The Balaban J connectivity index is 1.49. The van der Waals surface area contributed by atoms with Gasteiger partial charge in [0.2, 0.25) is 11.9 Å². The summed E-state index contributed by atoms with van der Waals surface area (Å²) in [6.45, 7) is 2.42. The molecule has 0 radical (unpaired) electrons. The summed E-state index contributed by atoms with van der Waals surface area (Å²) in [6.07, 6.45) is 5.88.